The van der Waals surface area contributed by atoms with Crippen LogP contribution in [0.4, 0.5) is 0 Å². The van der Waals surface area contributed by atoms with E-state index in [1.807, 2.05) is 12.1 Å². The molecule has 0 saturated carbocycles. The summed E-state index contributed by atoms with van der Waals surface area (Å²) >= 11 is 0. The summed E-state index contributed by atoms with van der Waals surface area (Å²) in [5.74, 6) is -2.23. The number of benzene rings is 4. The van der Waals surface area contributed by atoms with Crippen LogP contribution in [0, 0.1) is 22.7 Å². The zero-order chi connectivity index (χ0) is 38.8. The highest BCUT2D eigenvalue weighted by atomic mass is 16.5. The Morgan fingerprint density at radius 3 is 1.31 bits per heavy atom. The number of rotatable bonds is 11. The van der Waals surface area contributed by atoms with Gasteiger partial charge in [-0.1, -0.05) is 0 Å². The number of hydrogen-bond donors (Lipinski definition) is 2. The Labute approximate surface area is 306 Å². The molecular weight excluding hydrogens is 696 g/mol. The molecule has 0 spiro atoms. The van der Waals surface area contributed by atoms with Gasteiger partial charge in [0.2, 0.25) is 0 Å². The average molecular weight is 727 g/mol. The molecule has 0 radical (unpaired) electrons. The number of carbonyl (C=O) groups is 4. The van der Waals surface area contributed by atoms with Crippen LogP contribution in [0.5, 0.6) is 11.5 Å². The van der Waals surface area contributed by atoms with E-state index in [9.17, 15) is 29.7 Å². The second-order valence-electron chi connectivity index (χ2n) is 11.7. The summed E-state index contributed by atoms with van der Waals surface area (Å²) in [5, 5.41) is 19.2. The Hall–Kier alpha value is -7.72. The first-order valence-corrected chi connectivity index (χ1v) is 16.0. The third kappa shape index (κ3) is 6.03. The maximum atomic E-state index is 13.1. The fraction of sp³-hybridized carbons (Fsp3) is 0.158. The van der Waals surface area contributed by atoms with Gasteiger partial charge in [0.05, 0.1) is 85.0 Å². The number of imidazole rings is 2. The zero-order valence-electron chi connectivity index (χ0n) is 29.3. The average Bonchev–Trinajstić information content (AvgIpc) is 3.75. The summed E-state index contributed by atoms with van der Waals surface area (Å²) in [4.78, 5) is 60.6. The Bertz CT molecular complexity index is 2460. The summed E-state index contributed by atoms with van der Waals surface area (Å²) in [5.41, 5.74) is 14.1. The fourth-order valence-electron chi connectivity index (χ4n) is 6.37. The first-order valence-electron chi connectivity index (χ1n) is 16.0. The molecule has 2 heterocycles. The van der Waals surface area contributed by atoms with Crippen molar-refractivity contribution in [3.8, 4) is 46.4 Å². The number of esters is 2. The van der Waals surface area contributed by atoms with E-state index in [4.69, 9.17) is 40.4 Å². The van der Waals surface area contributed by atoms with Gasteiger partial charge < -0.3 is 39.5 Å². The van der Waals surface area contributed by atoms with E-state index in [0.717, 1.165) is 0 Å². The maximum Gasteiger partial charge on any atom is 0.338 e. The van der Waals surface area contributed by atoms with Crippen molar-refractivity contribution < 1.29 is 38.1 Å². The molecule has 2 amide bonds. The van der Waals surface area contributed by atoms with Crippen molar-refractivity contribution in [3.05, 3.63) is 94.0 Å². The zero-order valence-corrected chi connectivity index (χ0v) is 29.3. The number of amides is 2. The molecule has 2 aromatic heterocycles. The van der Waals surface area contributed by atoms with E-state index in [1.54, 1.807) is 33.4 Å². The third-order valence-electron chi connectivity index (χ3n) is 8.82. The largest absolute Gasteiger partial charge is 0.494 e. The Balaban J connectivity index is 1.64. The van der Waals surface area contributed by atoms with Crippen LogP contribution >= 0.6 is 0 Å². The molecule has 4 N–H and O–H groups in total. The van der Waals surface area contributed by atoms with Gasteiger partial charge in [0.1, 0.15) is 22.7 Å². The topological polar surface area (TPSA) is 240 Å². The number of nitrogens with zero attached hydrogens (tertiary/aromatic N) is 6. The van der Waals surface area contributed by atoms with E-state index in [0.29, 0.717) is 22.2 Å². The Morgan fingerprint density at radius 1 is 0.611 bits per heavy atom. The first kappa shape index (κ1) is 36.1. The molecule has 0 aliphatic rings. The maximum absolute atomic E-state index is 13.1. The number of hydrogen-bond acceptors (Lipinski definition) is 12. The van der Waals surface area contributed by atoms with Crippen molar-refractivity contribution in [2.75, 3.05) is 28.4 Å². The monoisotopic (exact) mass is 726 g/mol. The predicted molar refractivity (Wildman–Crippen MR) is 193 cm³/mol. The number of ether oxygens (including phenoxy) is 4. The van der Waals surface area contributed by atoms with Gasteiger partial charge in [-0.05, 0) is 60.7 Å². The van der Waals surface area contributed by atoms with Gasteiger partial charge >= 0.3 is 11.9 Å². The van der Waals surface area contributed by atoms with Crippen molar-refractivity contribution in [3.63, 3.8) is 0 Å². The second-order valence-corrected chi connectivity index (χ2v) is 11.7. The summed E-state index contributed by atoms with van der Waals surface area (Å²) in [7, 11) is 5.17. The molecule has 0 aliphatic carbocycles. The van der Waals surface area contributed by atoms with Crippen LogP contribution < -0.4 is 20.9 Å². The van der Waals surface area contributed by atoms with Crippen molar-refractivity contribution in [1.29, 1.82) is 10.5 Å². The molecular formula is C38H30N8O8. The SMILES string of the molecule is COC(=O)c1cc(C#N)ccc1-c1nc2c(OC)c(C(N)=O)ccc2n1CCn1c(-c2ccc(C#N)cc2C(=O)OC)nc2c(OC)c(C(N)=O)ccc21. The van der Waals surface area contributed by atoms with Crippen molar-refractivity contribution >= 4 is 45.8 Å². The summed E-state index contributed by atoms with van der Waals surface area (Å²) in [6.07, 6.45) is 0. The minimum absolute atomic E-state index is 0.0555. The molecule has 6 rings (SSSR count). The van der Waals surface area contributed by atoms with Gasteiger partial charge in [-0.2, -0.15) is 10.5 Å². The van der Waals surface area contributed by atoms with Crippen LogP contribution in [0.25, 0.3) is 44.8 Å². The van der Waals surface area contributed by atoms with E-state index in [2.05, 4.69) is 0 Å². The highest BCUT2D eigenvalue weighted by molar-refractivity contribution is 6.04. The third-order valence-corrected chi connectivity index (χ3v) is 8.82. The summed E-state index contributed by atoms with van der Waals surface area (Å²) < 4.78 is 24.9. The molecule has 0 bridgehead atoms. The molecule has 4 aromatic carbocycles. The lowest BCUT2D eigenvalue weighted by molar-refractivity contribution is 0.0592. The van der Waals surface area contributed by atoms with Gasteiger partial charge in [0.15, 0.2) is 11.5 Å². The minimum Gasteiger partial charge on any atom is -0.494 e. The summed E-state index contributed by atoms with van der Waals surface area (Å²) in [6.45, 7) is 0.210. The van der Waals surface area contributed by atoms with Crippen LogP contribution in [-0.2, 0) is 22.6 Å². The molecule has 0 unspecified atom stereocenters. The number of aromatic nitrogens is 4. The number of methoxy groups -OCH3 is 4. The van der Waals surface area contributed by atoms with Gasteiger partial charge in [0.25, 0.3) is 11.8 Å². The van der Waals surface area contributed by atoms with Crippen molar-refractivity contribution in [2.45, 2.75) is 13.1 Å². The molecule has 0 saturated heterocycles. The highest BCUT2D eigenvalue weighted by Crippen LogP contribution is 2.38. The van der Waals surface area contributed by atoms with E-state index in [-0.39, 0.29) is 80.7 Å². The smallest absolute Gasteiger partial charge is 0.338 e. The molecule has 0 fully saturated rings. The number of fused-ring (bicyclic) bond motifs is 2. The Morgan fingerprint density at radius 2 is 1.00 bits per heavy atom. The van der Waals surface area contributed by atoms with Crippen LogP contribution in [0.2, 0.25) is 0 Å². The Kier molecular flexibility index (Phi) is 9.68. The molecule has 16 nitrogen and oxygen atoms in total. The molecule has 6 aromatic rings. The van der Waals surface area contributed by atoms with E-state index < -0.39 is 23.8 Å². The summed E-state index contributed by atoms with van der Waals surface area (Å²) in [6, 6.07) is 19.3. The van der Waals surface area contributed by atoms with E-state index in [1.165, 1.54) is 64.8 Å². The van der Waals surface area contributed by atoms with Gasteiger partial charge in [-0.25, -0.2) is 19.6 Å². The molecule has 270 valence electrons. The highest BCUT2D eigenvalue weighted by Gasteiger charge is 2.27. The molecule has 0 atom stereocenters. The van der Waals surface area contributed by atoms with Crippen LogP contribution in [-0.4, -0.2) is 71.3 Å². The molecule has 0 aliphatic heterocycles. The standard InChI is InChI=1S/C38H30N8O8/c1-51-31-23(33(41)47)9-11-27-29(31)43-35(21-7-5-19(17-39)15-25(21)37(49)53-3)45(27)13-14-46-28-12-10-24(34(42)48)32(52-2)30(28)44-36(46)22-8-6-20(18-40)16-26(22)38(50)54-4/h5-12,15-16H,13-14H2,1-4H3,(H2,41,47)(H2,42,48). The minimum atomic E-state index is -0.749. The molecule has 16 heteroatoms. The van der Waals surface area contributed by atoms with Crippen molar-refractivity contribution in [2.24, 2.45) is 11.5 Å². The normalized spacial score (nSPS) is 10.8. The van der Waals surface area contributed by atoms with Crippen molar-refractivity contribution in [1.82, 2.24) is 19.1 Å². The molecule has 54 heavy (non-hydrogen) atoms. The number of carbonyl (C=O) groups excluding carboxylic acids is 4. The first-order chi connectivity index (χ1) is 26.0. The van der Waals surface area contributed by atoms with E-state index >= 15 is 0 Å². The van der Waals surface area contributed by atoms with Gasteiger partial charge in [-0.3, -0.25) is 9.59 Å². The van der Waals surface area contributed by atoms with Crippen LogP contribution in [0.15, 0.2) is 60.7 Å². The number of nitrogens with two attached hydrogens (primary N) is 2. The lowest BCUT2D eigenvalue weighted by atomic mass is 10.0. The van der Waals surface area contributed by atoms with Crippen LogP contribution in [0.3, 0.4) is 0 Å². The quantitative estimate of drug-likeness (QED) is 0.180. The number of primary amides is 2. The van der Waals surface area contributed by atoms with Gasteiger partial charge in [-0.15, -0.1) is 0 Å². The second kappa shape index (κ2) is 14.5. The number of aryl methyl sites for hydroxylation is 2. The fourth-order valence-corrected chi connectivity index (χ4v) is 6.37. The van der Waals surface area contributed by atoms with Crippen LogP contribution in [0.1, 0.15) is 52.6 Å². The number of nitriles is 2. The lowest BCUT2D eigenvalue weighted by Crippen LogP contribution is -2.14. The van der Waals surface area contributed by atoms with Gasteiger partial charge in [0, 0.05) is 24.2 Å². The lowest BCUT2D eigenvalue weighted by Gasteiger charge is -2.16. The predicted octanol–water partition coefficient (Wildman–Crippen LogP) is 3.95.